The van der Waals surface area contributed by atoms with Crippen molar-refractivity contribution in [1.82, 2.24) is 15.1 Å². The Morgan fingerprint density at radius 3 is 2.71 bits per heavy atom. The van der Waals surface area contributed by atoms with Gasteiger partial charge in [0.15, 0.2) is 0 Å². The zero-order valence-electron chi connectivity index (χ0n) is 13.0. The zero-order valence-corrected chi connectivity index (χ0v) is 13.0. The molecule has 1 unspecified atom stereocenters. The van der Waals surface area contributed by atoms with Gasteiger partial charge in [-0.25, -0.2) is 4.39 Å². The molecule has 0 bridgehead atoms. The van der Waals surface area contributed by atoms with Crippen molar-refractivity contribution in [2.75, 3.05) is 6.54 Å². The molecule has 0 radical (unpaired) electrons. The second-order valence-corrected chi connectivity index (χ2v) is 5.80. The maximum Gasteiger partial charge on any atom is 0.123 e. The largest absolute Gasteiger partial charge is 0.314 e. The Kier molecular flexibility index (Phi) is 5.51. The summed E-state index contributed by atoms with van der Waals surface area (Å²) >= 11 is 0. The van der Waals surface area contributed by atoms with Gasteiger partial charge in [0.2, 0.25) is 0 Å². The van der Waals surface area contributed by atoms with Gasteiger partial charge in [-0.1, -0.05) is 26.0 Å². The summed E-state index contributed by atoms with van der Waals surface area (Å²) in [6.07, 6.45) is 3.74. The number of halogens is 1. The van der Waals surface area contributed by atoms with Crippen molar-refractivity contribution in [1.29, 1.82) is 0 Å². The quantitative estimate of drug-likeness (QED) is 0.848. The molecule has 21 heavy (non-hydrogen) atoms. The summed E-state index contributed by atoms with van der Waals surface area (Å²) in [5.41, 5.74) is 2.27. The van der Waals surface area contributed by atoms with Gasteiger partial charge in [-0.05, 0) is 42.5 Å². The molecule has 1 aromatic heterocycles. The zero-order chi connectivity index (χ0) is 15.2. The van der Waals surface area contributed by atoms with Crippen LogP contribution in [0.5, 0.6) is 0 Å². The highest BCUT2D eigenvalue weighted by Gasteiger charge is 2.14. The minimum atomic E-state index is -0.164. The molecule has 1 atom stereocenters. The van der Waals surface area contributed by atoms with E-state index in [1.54, 1.807) is 12.1 Å². The first-order valence-corrected chi connectivity index (χ1v) is 7.52. The topological polar surface area (TPSA) is 29.9 Å². The first kappa shape index (κ1) is 15.7. The monoisotopic (exact) mass is 289 g/mol. The molecule has 2 aromatic rings. The molecule has 0 aliphatic rings. The molecule has 0 spiro atoms. The van der Waals surface area contributed by atoms with Crippen molar-refractivity contribution in [2.24, 2.45) is 7.05 Å². The van der Waals surface area contributed by atoms with Crippen molar-refractivity contribution in [3.8, 4) is 0 Å². The number of nitrogens with zero attached hydrogens (tertiary/aromatic N) is 2. The van der Waals surface area contributed by atoms with Crippen LogP contribution in [0.2, 0.25) is 0 Å². The van der Waals surface area contributed by atoms with Gasteiger partial charge in [-0.15, -0.1) is 0 Å². The second kappa shape index (κ2) is 7.36. The van der Waals surface area contributed by atoms with Gasteiger partial charge < -0.3 is 5.32 Å². The molecule has 3 nitrogen and oxygen atoms in total. The maximum absolute atomic E-state index is 13.5. The van der Waals surface area contributed by atoms with E-state index in [0.717, 1.165) is 24.9 Å². The van der Waals surface area contributed by atoms with E-state index < -0.39 is 0 Å². The van der Waals surface area contributed by atoms with Crippen LogP contribution in [-0.4, -0.2) is 22.4 Å². The Morgan fingerprint density at radius 1 is 1.29 bits per heavy atom. The normalized spacial score (nSPS) is 12.8. The van der Waals surface area contributed by atoms with Crippen LogP contribution in [0.25, 0.3) is 0 Å². The van der Waals surface area contributed by atoms with Crippen molar-refractivity contribution >= 4 is 0 Å². The van der Waals surface area contributed by atoms with Crippen LogP contribution in [-0.2, 0) is 13.5 Å². The molecule has 1 aromatic carbocycles. The average molecular weight is 289 g/mol. The summed E-state index contributed by atoms with van der Waals surface area (Å²) in [5, 5.41) is 7.66. The molecular formula is C17H24FN3. The summed E-state index contributed by atoms with van der Waals surface area (Å²) < 4.78 is 15.4. The van der Waals surface area contributed by atoms with Gasteiger partial charge in [0.1, 0.15) is 5.82 Å². The van der Waals surface area contributed by atoms with Crippen LogP contribution in [0.1, 0.15) is 37.4 Å². The third kappa shape index (κ3) is 4.67. The molecule has 4 heteroatoms. The molecule has 2 rings (SSSR count). The lowest BCUT2D eigenvalue weighted by molar-refractivity contribution is 0.500. The summed E-state index contributed by atoms with van der Waals surface area (Å²) in [4.78, 5) is 0. The molecule has 1 N–H and O–H groups in total. The van der Waals surface area contributed by atoms with Crippen LogP contribution < -0.4 is 5.32 Å². The highest BCUT2D eigenvalue weighted by Crippen LogP contribution is 2.22. The molecular weight excluding hydrogens is 265 g/mol. The van der Waals surface area contributed by atoms with Crippen molar-refractivity contribution < 1.29 is 4.39 Å². The molecule has 0 amide bonds. The Labute approximate surface area is 126 Å². The van der Waals surface area contributed by atoms with Crippen LogP contribution in [0.4, 0.5) is 4.39 Å². The lowest BCUT2D eigenvalue weighted by atomic mass is 9.93. The van der Waals surface area contributed by atoms with Crippen molar-refractivity contribution in [2.45, 2.75) is 38.6 Å². The van der Waals surface area contributed by atoms with Crippen LogP contribution in [0.3, 0.4) is 0 Å². The fraction of sp³-hybridized carbons (Fsp3) is 0.471. The van der Waals surface area contributed by atoms with Gasteiger partial charge in [0.05, 0.1) is 0 Å². The Bertz CT molecular complexity index is 563. The fourth-order valence-electron chi connectivity index (χ4n) is 2.49. The van der Waals surface area contributed by atoms with Crippen molar-refractivity contribution in [3.05, 3.63) is 53.6 Å². The van der Waals surface area contributed by atoms with Gasteiger partial charge >= 0.3 is 0 Å². The van der Waals surface area contributed by atoms with Crippen LogP contribution in [0, 0.1) is 5.82 Å². The number of hydrogen-bond donors (Lipinski definition) is 1. The molecule has 0 saturated heterocycles. The minimum absolute atomic E-state index is 0.164. The van der Waals surface area contributed by atoms with Gasteiger partial charge in [0, 0.05) is 31.5 Å². The number of nitrogens with one attached hydrogen (secondary N) is 1. The first-order valence-electron chi connectivity index (χ1n) is 7.52. The predicted octanol–water partition coefficient (Wildman–Crippen LogP) is 3.27. The van der Waals surface area contributed by atoms with Gasteiger partial charge in [0.25, 0.3) is 0 Å². The second-order valence-electron chi connectivity index (χ2n) is 5.80. The number of hydrogen-bond acceptors (Lipinski definition) is 2. The van der Waals surface area contributed by atoms with E-state index in [0.29, 0.717) is 12.0 Å². The Hall–Kier alpha value is -1.68. The molecule has 0 saturated carbocycles. The summed E-state index contributed by atoms with van der Waals surface area (Å²) in [6, 6.07) is 9.42. The highest BCUT2D eigenvalue weighted by molar-refractivity contribution is 5.21. The fourth-order valence-corrected chi connectivity index (χ4v) is 2.49. The standard InChI is InChI=1S/C17H24FN3/c1-13(2)19-12-15(14-5-4-6-16(18)11-14)7-8-17-9-10-20-21(17)3/h4-6,9-11,13,15,19H,7-8,12H2,1-3H3. The van der Waals surface area contributed by atoms with E-state index in [4.69, 9.17) is 0 Å². The van der Waals surface area contributed by atoms with E-state index >= 15 is 0 Å². The number of rotatable bonds is 7. The SMILES string of the molecule is CC(C)NCC(CCc1ccnn1C)c1cccc(F)c1. The number of aryl methyl sites for hydroxylation is 2. The third-order valence-corrected chi connectivity index (χ3v) is 3.76. The number of aromatic nitrogens is 2. The summed E-state index contributed by atoms with van der Waals surface area (Å²) in [7, 11) is 1.96. The first-order chi connectivity index (χ1) is 10.1. The predicted molar refractivity (Wildman–Crippen MR) is 83.8 cm³/mol. The van der Waals surface area contributed by atoms with E-state index in [9.17, 15) is 4.39 Å². The third-order valence-electron chi connectivity index (χ3n) is 3.76. The van der Waals surface area contributed by atoms with Crippen molar-refractivity contribution in [3.63, 3.8) is 0 Å². The van der Waals surface area contributed by atoms with Crippen LogP contribution >= 0.6 is 0 Å². The lowest BCUT2D eigenvalue weighted by Crippen LogP contribution is -2.28. The molecule has 0 fully saturated rings. The Balaban J connectivity index is 2.06. The van der Waals surface area contributed by atoms with E-state index in [-0.39, 0.29) is 5.82 Å². The summed E-state index contributed by atoms with van der Waals surface area (Å²) in [5.74, 6) is 0.139. The number of benzene rings is 1. The highest BCUT2D eigenvalue weighted by atomic mass is 19.1. The van der Waals surface area contributed by atoms with Gasteiger partial charge in [-0.2, -0.15) is 5.10 Å². The summed E-state index contributed by atoms with van der Waals surface area (Å²) in [6.45, 7) is 5.12. The lowest BCUT2D eigenvalue weighted by Gasteiger charge is -2.20. The van der Waals surface area contributed by atoms with E-state index in [1.807, 2.05) is 30.1 Å². The van der Waals surface area contributed by atoms with Gasteiger partial charge in [-0.3, -0.25) is 4.68 Å². The molecule has 0 aliphatic carbocycles. The molecule has 114 valence electrons. The molecule has 1 heterocycles. The van der Waals surface area contributed by atoms with Crippen LogP contribution in [0.15, 0.2) is 36.5 Å². The average Bonchev–Trinajstić information content (AvgIpc) is 2.84. The smallest absolute Gasteiger partial charge is 0.123 e. The Morgan fingerprint density at radius 2 is 2.10 bits per heavy atom. The minimum Gasteiger partial charge on any atom is -0.314 e. The van der Waals surface area contributed by atoms with E-state index in [1.165, 1.54) is 11.8 Å². The molecule has 0 aliphatic heterocycles. The maximum atomic E-state index is 13.5. The van der Waals surface area contributed by atoms with E-state index in [2.05, 4.69) is 24.3 Å².